The van der Waals surface area contributed by atoms with E-state index in [-0.39, 0.29) is 18.6 Å². The second kappa shape index (κ2) is 7.02. The fraction of sp³-hybridized carbons (Fsp3) is 0.381. The van der Waals surface area contributed by atoms with Crippen LogP contribution in [0.4, 0.5) is 8.78 Å². The highest BCUT2D eigenvalue weighted by Gasteiger charge is 2.52. The maximum absolute atomic E-state index is 14.0. The van der Waals surface area contributed by atoms with Crippen molar-refractivity contribution in [3.63, 3.8) is 0 Å². The molecule has 2 aromatic rings. The summed E-state index contributed by atoms with van der Waals surface area (Å²) in [6.45, 7) is 1.69. The van der Waals surface area contributed by atoms with Gasteiger partial charge in [-0.3, -0.25) is 9.69 Å². The van der Waals surface area contributed by atoms with Crippen LogP contribution in [0.25, 0.3) is 0 Å². The molecule has 4 nitrogen and oxygen atoms in total. The molecule has 0 saturated carbocycles. The lowest BCUT2D eigenvalue weighted by molar-refractivity contribution is -0.183. The van der Waals surface area contributed by atoms with Gasteiger partial charge in [-0.25, -0.2) is 8.78 Å². The third-order valence-electron chi connectivity index (χ3n) is 5.83. The summed E-state index contributed by atoms with van der Waals surface area (Å²) in [5.41, 5.74) is 0.996. The van der Waals surface area contributed by atoms with Crippen LogP contribution in [0.15, 0.2) is 48.5 Å². The molecule has 2 aliphatic heterocycles. The van der Waals surface area contributed by atoms with Crippen LogP contribution in [0.1, 0.15) is 17.5 Å². The number of fused-ring (bicyclic) bond motifs is 1. The minimum absolute atomic E-state index is 0.0341. The molecule has 2 atom stereocenters. The third kappa shape index (κ3) is 3.13. The quantitative estimate of drug-likeness (QED) is 0.831. The fourth-order valence-corrected chi connectivity index (χ4v) is 4.32. The van der Waals surface area contributed by atoms with Crippen molar-refractivity contribution in [2.24, 2.45) is 0 Å². The summed E-state index contributed by atoms with van der Waals surface area (Å²) in [7, 11) is 1.83. The highest BCUT2D eigenvalue weighted by atomic mass is 19.1. The van der Waals surface area contributed by atoms with Gasteiger partial charge in [0.1, 0.15) is 18.2 Å². The second-order valence-electron chi connectivity index (χ2n) is 7.26. The summed E-state index contributed by atoms with van der Waals surface area (Å²) in [6, 6.07) is 13.6. The molecule has 6 heteroatoms. The molecule has 0 unspecified atom stereocenters. The van der Waals surface area contributed by atoms with Crippen LogP contribution in [-0.4, -0.2) is 48.6 Å². The molecule has 142 valence electrons. The Morgan fingerprint density at radius 2 is 1.96 bits per heavy atom. The summed E-state index contributed by atoms with van der Waals surface area (Å²) in [5, 5.41) is 0. The van der Waals surface area contributed by atoms with Crippen molar-refractivity contribution in [2.75, 3.05) is 26.7 Å². The first-order chi connectivity index (χ1) is 13.0. The maximum Gasteiger partial charge on any atom is 0.249 e. The summed E-state index contributed by atoms with van der Waals surface area (Å²) in [4.78, 5) is 16.3. The van der Waals surface area contributed by atoms with E-state index in [4.69, 9.17) is 4.74 Å². The number of morpholine rings is 1. The normalized spacial score (nSPS) is 26.1. The summed E-state index contributed by atoms with van der Waals surface area (Å²) >= 11 is 0. The summed E-state index contributed by atoms with van der Waals surface area (Å²) < 4.78 is 33.1. The van der Waals surface area contributed by atoms with E-state index in [1.54, 1.807) is 0 Å². The standard InChI is InChI=1S/C21H22F2N2O2/c1-24-20(26)14-27-19-13-25(12-15-7-8-17(22)11-18(15)23)10-9-21(19,24)16-5-3-2-4-6-16/h2-8,11,19H,9-10,12-14H2,1H3/t19-,21+/m1/s1. The Balaban J connectivity index is 1.60. The number of carbonyl (C=O) groups is 1. The number of amides is 1. The molecule has 27 heavy (non-hydrogen) atoms. The largest absolute Gasteiger partial charge is 0.364 e. The molecule has 2 fully saturated rings. The second-order valence-corrected chi connectivity index (χ2v) is 7.26. The molecule has 0 aliphatic carbocycles. The smallest absolute Gasteiger partial charge is 0.249 e. The zero-order valence-corrected chi connectivity index (χ0v) is 15.2. The molecule has 0 bridgehead atoms. The number of ether oxygens (including phenoxy) is 1. The lowest BCUT2D eigenvalue weighted by Crippen LogP contribution is -2.66. The van der Waals surface area contributed by atoms with E-state index >= 15 is 0 Å². The SMILES string of the molecule is CN1C(=O)CO[C@@H]2CN(Cc3ccc(F)cc3F)CC[C@]21c1ccccc1. The number of hydrogen-bond acceptors (Lipinski definition) is 3. The van der Waals surface area contributed by atoms with Crippen molar-refractivity contribution in [2.45, 2.75) is 24.6 Å². The highest BCUT2D eigenvalue weighted by Crippen LogP contribution is 2.42. The van der Waals surface area contributed by atoms with Crippen molar-refractivity contribution in [3.05, 3.63) is 71.3 Å². The van der Waals surface area contributed by atoms with E-state index in [1.807, 2.05) is 42.3 Å². The Kier molecular flexibility index (Phi) is 4.70. The number of likely N-dealkylation sites (N-methyl/N-ethyl adjacent to an activating group) is 1. The summed E-state index contributed by atoms with van der Waals surface area (Å²) in [6.07, 6.45) is 0.479. The fourth-order valence-electron chi connectivity index (χ4n) is 4.32. The Bertz CT molecular complexity index is 845. The van der Waals surface area contributed by atoms with E-state index in [0.717, 1.165) is 11.6 Å². The first kappa shape index (κ1) is 18.1. The van der Waals surface area contributed by atoms with Crippen LogP contribution < -0.4 is 0 Å². The number of piperidine rings is 1. The van der Waals surface area contributed by atoms with Crippen molar-refractivity contribution >= 4 is 5.91 Å². The predicted molar refractivity (Wildman–Crippen MR) is 96.9 cm³/mol. The van der Waals surface area contributed by atoms with E-state index in [1.165, 1.54) is 12.1 Å². The van der Waals surface area contributed by atoms with Crippen LogP contribution in [0, 0.1) is 11.6 Å². The number of benzene rings is 2. The minimum atomic E-state index is -0.575. The van der Waals surface area contributed by atoms with Gasteiger partial charge in [0.2, 0.25) is 5.91 Å². The Labute approximate surface area is 157 Å². The number of hydrogen-bond donors (Lipinski definition) is 0. The molecule has 0 N–H and O–H groups in total. The Hall–Kier alpha value is -2.31. The van der Waals surface area contributed by atoms with E-state index in [9.17, 15) is 13.6 Å². The molecule has 1 amide bonds. The lowest BCUT2D eigenvalue weighted by Gasteiger charge is -2.55. The van der Waals surface area contributed by atoms with Crippen LogP contribution in [0.2, 0.25) is 0 Å². The number of likely N-dealkylation sites (tertiary alicyclic amines) is 1. The highest BCUT2D eigenvalue weighted by molar-refractivity contribution is 5.79. The summed E-state index contributed by atoms with van der Waals surface area (Å²) in [5.74, 6) is -1.14. The molecule has 2 aromatic carbocycles. The molecular formula is C21H22F2N2O2. The van der Waals surface area contributed by atoms with Crippen LogP contribution in [-0.2, 0) is 21.6 Å². The number of carbonyl (C=O) groups excluding carboxylic acids is 1. The molecule has 0 spiro atoms. The van der Waals surface area contributed by atoms with Gasteiger partial charge in [-0.15, -0.1) is 0 Å². The van der Waals surface area contributed by atoms with Gasteiger partial charge in [0.25, 0.3) is 0 Å². The first-order valence-corrected chi connectivity index (χ1v) is 9.11. The van der Waals surface area contributed by atoms with Gasteiger partial charge in [-0.05, 0) is 18.1 Å². The van der Waals surface area contributed by atoms with Gasteiger partial charge < -0.3 is 9.64 Å². The van der Waals surface area contributed by atoms with Crippen LogP contribution in [0.5, 0.6) is 0 Å². The zero-order chi connectivity index (χ0) is 19.0. The van der Waals surface area contributed by atoms with Crippen molar-refractivity contribution in [1.82, 2.24) is 9.80 Å². The number of halogens is 2. The zero-order valence-electron chi connectivity index (χ0n) is 15.2. The maximum atomic E-state index is 14.0. The average molecular weight is 372 g/mol. The molecule has 4 rings (SSSR count). The van der Waals surface area contributed by atoms with Crippen molar-refractivity contribution < 1.29 is 18.3 Å². The molecule has 0 radical (unpaired) electrons. The monoisotopic (exact) mass is 372 g/mol. The first-order valence-electron chi connectivity index (χ1n) is 9.11. The van der Waals surface area contributed by atoms with Gasteiger partial charge in [0.05, 0.1) is 11.6 Å². The van der Waals surface area contributed by atoms with Crippen LogP contribution >= 0.6 is 0 Å². The van der Waals surface area contributed by atoms with E-state index < -0.39 is 17.2 Å². The van der Waals surface area contributed by atoms with Gasteiger partial charge >= 0.3 is 0 Å². The van der Waals surface area contributed by atoms with E-state index in [2.05, 4.69) is 4.90 Å². The molecule has 2 saturated heterocycles. The Morgan fingerprint density at radius 1 is 1.19 bits per heavy atom. The molecule has 2 aliphatic rings. The van der Waals surface area contributed by atoms with Gasteiger partial charge in [0, 0.05) is 38.3 Å². The van der Waals surface area contributed by atoms with Crippen molar-refractivity contribution in [1.29, 1.82) is 0 Å². The Morgan fingerprint density at radius 3 is 2.70 bits per heavy atom. The van der Waals surface area contributed by atoms with Gasteiger partial charge in [-0.2, -0.15) is 0 Å². The topological polar surface area (TPSA) is 32.8 Å². The third-order valence-corrected chi connectivity index (χ3v) is 5.83. The average Bonchev–Trinajstić information content (AvgIpc) is 2.68. The predicted octanol–water partition coefficient (Wildman–Crippen LogP) is 2.92. The minimum Gasteiger partial charge on any atom is -0.364 e. The van der Waals surface area contributed by atoms with Crippen molar-refractivity contribution in [3.8, 4) is 0 Å². The lowest BCUT2D eigenvalue weighted by atomic mass is 9.76. The number of rotatable bonds is 3. The molecule has 0 aromatic heterocycles. The molecule has 2 heterocycles. The van der Waals surface area contributed by atoms with Gasteiger partial charge in [0.15, 0.2) is 0 Å². The van der Waals surface area contributed by atoms with Gasteiger partial charge in [-0.1, -0.05) is 36.4 Å². The van der Waals surface area contributed by atoms with Crippen LogP contribution in [0.3, 0.4) is 0 Å². The molecular weight excluding hydrogens is 350 g/mol. The number of nitrogens with zero attached hydrogens (tertiary/aromatic N) is 2. The van der Waals surface area contributed by atoms with E-state index in [0.29, 0.717) is 31.6 Å².